The number of hydrogen-bond acceptors (Lipinski definition) is 4. The van der Waals surface area contributed by atoms with Gasteiger partial charge in [0.1, 0.15) is 0 Å². The lowest BCUT2D eigenvalue weighted by Gasteiger charge is -2.26. The largest absolute Gasteiger partial charge is 0.378 e. The van der Waals surface area contributed by atoms with Crippen molar-refractivity contribution in [1.82, 2.24) is 4.90 Å². The zero-order valence-electron chi connectivity index (χ0n) is 15.7. The molecule has 142 valence electrons. The van der Waals surface area contributed by atoms with Gasteiger partial charge >= 0.3 is 0 Å². The van der Waals surface area contributed by atoms with Crippen LogP contribution >= 0.6 is 0 Å². The average Bonchev–Trinajstić information content (AvgIpc) is 2.70. The van der Waals surface area contributed by atoms with Gasteiger partial charge < -0.3 is 20.3 Å². The molecule has 6 heteroatoms. The molecule has 6 nitrogen and oxygen atoms in total. The highest BCUT2D eigenvalue weighted by atomic mass is 16.5. The van der Waals surface area contributed by atoms with Crippen molar-refractivity contribution in [3.8, 4) is 0 Å². The van der Waals surface area contributed by atoms with Gasteiger partial charge in [-0.3, -0.25) is 9.59 Å². The van der Waals surface area contributed by atoms with Gasteiger partial charge in [-0.1, -0.05) is 12.1 Å². The lowest BCUT2D eigenvalue weighted by molar-refractivity contribution is -0.114. The van der Waals surface area contributed by atoms with Crippen molar-refractivity contribution in [2.75, 3.05) is 43.5 Å². The monoisotopic (exact) mass is 367 g/mol. The van der Waals surface area contributed by atoms with Gasteiger partial charge in [0.15, 0.2) is 0 Å². The van der Waals surface area contributed by atoms with Gasteiger partial charge in [0.2, 0.25) is 5.91 Å². The average molecular weight is 367 g/mol. The van der Waals surface area contributed by atoms with Crippen LogP contribution in [0.25, 0.3) is 0 Å². The van der Waals surface area contributed by atoms with Crippen LogP contribution in [0.3, 0.4) is 0 Å². The summed E-state index contributed by atoms with van der Waals surface area (Å²) in [5, 5.41) is 6.01. The molecule has 0 unspecified atom stereocenters. The molecule has 3 rings (SSSR count). The van der Waals surface area contributed by atoms with Crippen LogP contribution in [0, 0.1) is 13.8 Å². The maximum Gasteiger partial charge on any atom is 0.254 e. The van der Waals surface area contributed by atoms with Gasteiger partial charge in [-0.05, 0) is 55.3 Å². The molecule has 2 amide bonds. The summed E-state index contributed by atoms with van der Waals surface area (Å²) in [7, 11) is 0. The minimum absolute atomic E-state index is 0.0116. The van der Waals surface area contributed by atoms with Crippen molar-refractivity contribution < 1.29 is 14.3 Å². The van der Waals surface area contributed by atoms with Crippen LogP contribution in [-0.2, 0) is 9.53 Å². The van der Waals surface area contributed by atoms with Crippen LogP contribution in [0.1, 0.15) is 21.5 Å². The van der Waals surface area contributed by atoms with Crippen LogP contribution < -0.4 is 10.6 Å². The fourth-order valence-corrected chi connectivity index (χ4v) is 2.93. The van der Waals surface area contributed by atoms with Crippen molar-refractivity contribution >= 4 is 23.2 Å². The van der Waals surface area contributed by atoms with Gasteiger partial charge in [0.05, 0.1) is 19.8 Å². The number of nitrogens with one attached hydrogen (secondary N) is 2. The second kappa shape index (κ2) is 8.68. The molecule has 2 aromatic carbocycles. The Labute approximate surface area is 159 Å². The highest BCUT2D eigenvalue weighted by Gasteiger charge is 2.18. The number of ether oxygens (including phenoxy) is 1. The smallest absolute Gasteiger partial charge is 0.254 e. The lowest BCUT2D eigenvalue weighted by Crippen LogP contribution is -2.40. The molecule has 0 spiro atoms. The Kier molecular flexibility index (Phi) is 6.08. The number of rotatable bonds is 5. The maximum absolute atomic E-state index is 12.4. The Balaban J connectivity index is 1.53. The first-order valence-electron chi connectivity index (χ1n) is 9.11. The summed E-state index contributed by atoms with van der Waals surface area (Å²) in [4.78, 5) is 26.4. The molecule has 1 aliphatic rings. The predicted molar refractivity (Wildman–Crippen MR) is 106 cm³/mol. The molecule has 2 aromatic rings. The maximum atomic E-state index is 12.4. The zero-order valence-corrected chi connectivity index (χ0v) is 15.7. The van der Waals surface area contributed by atoms with Crippen LogP contribution in [-0.4, -0.2) is 49.6 Å². The molecule has 0 radical (unpaired) electrons. The van der Waals surface area contributed by atoms with Crippen LogP contribution in [0.5, 0.6) is 0 Å². The molecule has 1 saturated heterocycles. The molecule has 0 aromatic heterocycles. The second-order valence-corrected chi connectivity index (χ2v) is 6.70. The summed E-state index contributed by atoms with van der Waals surface area (Å²) >= 11 is 0. The van der Waals surface area contributed by atoms with Crippen LogP contribution in [0.4, 0.5) is 11.4 Å². The topological polar surface area (TPSA) is 70.7 Å². The minimum atomic E-state index is -0.114. The molecule has 0 atom stereocenters. The van der Waals surface area contributed by atoms with Gasteiger partial charge in [0, 0.05) is 30.0 Å². The Morgan fingerprint density at radius 2 is 1.74 bits per heavy atom. The van der Waals surface area contributed by atoms with Gasteiger partial charge in [0.25, 0.3) is 5.91 Å². The third-order valence-corrected chi connectivity index (χ3v) is 4.55. The number of benzene rings is 2. The summed E-state index contributed by atoms with van der Waals surface area (Å²) < 4.78 is 5.27. The molecule has 0 bridgehead atoms. The normalized spacial score (nSPS) is 13.9. The van der Waals surface area contributed by atoms with Crippen LogP contribution in [0.15, 0.2) is 42.5 Å². The number of aryl methyl sites for hydroxylation is 2. The van der Waals surface area contributed by atoms with E-state index in [9.17, 15) is 9.59 Å². The van der Waals surface area contributed by atoms with Gasteiger partial charge in [-0.25, -0.2) is 0 Å². The number of amides is 2. The third kappa shape index (κ3) is 5.08. The molecule has 27 heavy (non-hydrogen) atoms. The lowest BCUT2D eigenvalue weighted by atomic mass is 10.1. The van der Waals surface area contributed by atoms with E-state index in [1.807, 2.05) is 44.2 Å². The number of hydrogen-bond donors (Lipinski definition) is 2. The van der Waals surface area contributed by atoms with Crippen molar-refractivity contribution in [3.63, 3.8) is 0 Å². The highest BCUT2D eigenvalue weighted by molar-refractivity contribution is 5.95. The van der Waals surface area contributed by atoms with E-state index in [4.69, 9.17) is 4.74 Å². The third-order valence-electron chi connectivity index (χ3n) is 4.55. The molecule has 1 aliphatic heterocycles. The predicted octanol–water partition coefficient (Wildman–Crippen LogP) is 2.83. The quantitative estimate of drug-likeness (QED) is 0.853. The summed E-state index contributed by atoms with van der Waals surface area (Å²) in [6, 6.07) is 13.2. The summed E-state index contributed by atoms with van der Waals surface area (Å²) in [5.74, 6) is -0.102. The van der Waals surface area contributed by atoms with E-state index in [1.165, 1.54) is 0 Å². The van der Waals surface area contributed by atoms with Crippen LogP contribution in [0.2, 0.25) is 0 Å². The standard InChI is InChI=1S/C21H25N3O3/c1-15-3-4-16(2)19(13-15)23-20(25)14-22-18-7-5-17(6-8-18)21(26)24-9-11-27-12-10-24/h3-8,13,22H,9-12,14H2,1-2H3,(H,23,25). The number of carbonyl (C=O) groups is 2. The van der Waals surface area contributed by atoms with Crippen molar-refractivity contribution in [2.45, 2.75) is 13.8 Å². The first-order valence-corrected chi connectivity index (χ1v) is 9.11. The molecule has 2 N–H and O–H groups in total. The first kappa shape index (κ1) is 18.9. The summed E-state index contributed by atoms with van der Waals surface area (Å²) in [6.07, 6.45) is 0. The van der Waals surface area contributed by atoms with E-state index >= 15 is 0 Å². The van der Waals surface area contributed by atoms with Crippen molar-refractivity contribution in [3.05, 3.63) is 59.2 Å². The second-order valence-electron chi connectivity index (χ2n) is 6.70. The minimum Gasteiger partial charge on any atom is -0.378 e. The Morgan fingerprint density at radius 3 is 2.44 bits per heavy atom. The van der Waals surface area contributed by atoms with Crippen molar-refractivity contribution in [1.29, 1.82) is 0 Å². The molecular weight excluding hydrogens is 342 g/mol. The number of morpholine rings is 1. The van der Waals surface area contributed by atoms with E-state index in [-0.39, 0.29) is 18.4 Å². The highest BCUT2D eigenvalue weighted by Crippen LogP contribution is 2.16. The zero-order chi connectivity index (χ0) is 19.2. The molecule has 1 fully saturated rings. The van der Waals surface area contributed by atoms with E-state index < -0.39 is 0 Å². The number of nitrogens with zero attached hydrogens (tertiary/aromatic N) is 1. The molecule has 1 heterocycles. The summed E-state index contributed by atoms with van der Waals surface area (Å²) in [6.45, 7) is 6.53. The van der Waals surface area contributed by atoms with E-state index in [1.54, 1.807) is 17.0 Å². The Hall–Kier alpha value is -2.86. The Morgan fingerprint density at radius 1 is 1.04 bits per heavy atom. The fraction of sp³-hybridized carbons (Fsp3) is 0.333. The van der Waals surface area contributed by atoms with E-state index in [0.717, 1.165) is 22.5 Å². The molecular formula is C21H25N3O3. The number of carbonyl (C=O) groups excluding carboxylic acids is 2. The fourth-order valence-electron chi connectivity index (χ4n) is 2.93. The first-order chi connectivity index (χ1) is 13.0. The van der Waals surface area contributed by atoms with Gasteiger partial charge in [-0.15, -0.1) is 0 Å². The van der Waals surface area contributed by atoms with E-state index in [0.29, 0.717) is 31.9 Å². The van der Waals surface area contributed by atoms with E-state index in [2.05, 4.69) is 10.6 Å². The van der Waals surface area contributed by atoms with Crippen molar-refractivity contribution in [2.24, 2.45) is 0 Å². The Bertz CT molecular complexity index is 812. The number of anilines is 2. The molecule has 0 aliphatic carbocycles. The summed E-state index contributed by atoms with van der Waals surface area (Å²) in [5.41, 5.74) is 4.39. The molecule has 0 saturated carbocycles. The SMILES string of the molecule is Cc1ccc(C)c(NC(=O)CNc2ccc(C(=O)N3CCOCC3)cc2)c1. The van der Waals surface area contributed by atoms with Gasteiger partial charge in [-0.2, -0.15) is 0 Å².